The molecular formula is C17H25N3O3. The number of ether oxygens (including phenoxy) is 1. The van der Waals surface area contributed by atoms with E-state index < -0.39 is 0 Å². The SMILES string of the molecule is CCOc1ccccc1NC(=O)C1CC1C(=O)NCCN(C)C. The molecule has 2 N–H and O–H groups in total. The monoisotopic (exact) mass is 319 g/mol. The van der Waals surface area contributed by atoms with Crippen molar-refractivity contribution in [2.24, 2.45) is 11.8 Å². The number of para-hydroxylation sites is 2. The smallest absolute Gasteiger partial charge is 0.228 e. The highest BCUT2D eigenvalue weighted by atomic mass is 16.5. The number of carbonyl (C=O) groups excluding carboxylic acids is 2. The van der Waals surface area contributed by atoms with Crippen molar-refractivity contribution >= 4 is 17.5 Å². The summed E-state index contributed by atoms with van der Waals surface area (Å²) in [5.74, 6) is 0.0337. The predicted molar refractivity (Wildman–Crippen MR) is 89.4 cm³/mol. The maximum atomic E-state index is 12.3. The number of nitrogens with zero attached hydrogens (tertiary/aromatic N) is 1. The second-order valence-corrected chi connectivity index (χ2v) is 5.96. The van der Waals surface area contributed by atoms with E-state index in [0.29, 0.717) is 31.0 Å². The van der Waals surface area contributed by atoms with E-state index in [-0.39, 0.29) is 23.7 Å². The average molecular weight is 319 g/mol. The molecule has 2 amide bonds. The van der Waals surface area contributed by atoms with Crippen molar-refractivity contribution in [3.05, 3.63) is 24.3 Å². The Kier molecular flexibility index (Phi) is 5.98. The number of nitrogens with one attached hydrogen (secondary N) is 2. The fourth-order valence-electron chi connectivity index (χ4n) is 2.39. The van der Waals surface area contributed by atoms with Gasteiger partial charge in [-0.2, -0.15) is 0 Å². The highest BCUT2D eigenvalue weighted by Gasteiger charge is 2.48. The van der Waals surface area contributed by atoms with Gasteiger partial charge in [-0.25, -0.2) is 0 Å². The summed E-state index contributed by atoms with van der Waals surface area (Å²) in [5.41, 5.74) is 0.651. The van der Waals surface area contributed by atoms with Gasteiger partial charge in [-0.3, -0.25) is 9.59 Å². The standard InChI is InChI=1S/C17H25N3O3/c1-4-23-15-8-6-5-7-14(15)19-17(22)13-11-12(13)16(21)18-9-10-20(2)3/h5-8,12-13H,4,9-11H2,1-3H3,(H,18,21)(H,19,22). The Hall–Kier alpha value is -2.08. The molecule has 2 unspecified atom stereocenters. The van der Waals surface area contributed by atoms with Crippen LogP contribution in [0.1, 0.15) is 13.3 Å². The molecule has 1 saturated carbocycles. The molecule has 2 rings (SSSR count). The molecule has 0 heterocycles. The summed E-state index contributed by atoms with van der Waals surface area (Å²) in [6, 6.07) is 7.32. The van der Waals surface area contributed by atoms with Crippen molar-refractivity contribution in [2.45, 2.75) is 13.3 Å². The Bertz CT molecular complexity index is 560. The van der Waals surface area contributed by atoms with Gasteiger partial charge >= 0.3 is 0 Å². The van der Waals surface area contributed by atoms with Crippen LogP contribution in [0.5, 0.6) is 5.75 Å². The van der Waals surface area contributed by atoms with E-state index in [4.69, 9.17) is 4.74 Å². The Labute approximate surface area is 137 Å². The molecule has 1 aromatic rings. The molecule has 1 fully saturated rings. The van der Waals surface area contributed by atoms with Crippen LogP contribution in [0, 0.1) is 11.8 Å². The van der Waals surface area contributed by atoms with Crippen molar-refractivity contribution in [2.75, 3.05) is 39.1 Å². The minimum Gasteiger partial charge on any atom is -0.492 e. The highest BCUT2D eigenvalue weighted by Crippen LogP contribution is 2.40. The molecule has 0 spiro atoms. The van der Waals surface area contributed by atoms with Crippen LogP contribution in [0.3, 0.4) is 0 Å². The van der Waals surface area contributed by atoms with Crippen molar-refractivity contribution < 1.29 is 14.3 Å². The van der Waals surface area contributed by atoms with E-state index in [1.165, 1.54) is 0 Å². The van der Waals surface area contributed by atoms with E-state index in [1.807, 2.05) is 44.1 Å². The summed E-state index contributed by atoms with van der Waals surface area (Å²) < 4.78 is 5.49. The van der Waals surface area contributed by atoms with Crippen molar-refractivity contribution in [1.82, 2.24) is 10.2 Å². The van der Waals surface area contributed by atoms with Crippen LogP contribution in [-0.2, 0) is 9.59 Å². The lowest BCUT2D eigenvalue weighted by molar-refractivity contribution is -0.125. The van der Waals surface area contributed by atoms with Gasteiger partial charge in [0.1, 0.15) is 5.75 Å². The van der Waals surface area contributed by atoms with Crippen molar-refractivity contribution in [1.29, 1.82) is 0 Å². The largest absolute Gasteiger partial charge is 0.492 e. The minimum absolute atomic E-state index is 0.0370. The second kappa shape index (κ2) is 7.97. The lowest BCUT2D eigenvalue weighted by atomic mass is 10.2. The molecule has 0 aromatic heterocycles. The molecule has 6 heteroatoms. The van der Waals surface area contributed by atoms with E-state index >= 15 is 0 Å². The fraction of sp³-hybridized carbons (Fsp3) is 0.529. The predicted octanol–water partition coefficient (Wildman–Crippen LogP) is 1.34. The number of anilines is 1. The van der Waals surface area contributed by atoms with Gasteiger partial charge in [0.2, 0.25) is 11.8 Å². The van der Waals surface area contributed by atoms with Gasteiger partial charge in [0.05, 0.1) is 24.1 Å². The Morgan fingerprint density at radius 3 is 2.61 bits per heavy atom. The van der Waals surface area contributed by atoms with Gasteiger partial charge in [0.25, 0.3) is 0 Å². The van der Waals surface area contributed by atoms with E-state index in [1.54, 1.807) is 6.07 Å². The van der Waals surface area contributed by atoms with E-state index in [2.05, 4.69) is 10.6 Å². The number of likely N-dealkylation sites (N-methyl/N-ethyl adjacent to an activating group) is 1. The Balaban J connectivity index is 1.83. The molecule has 1 aliphatic rings. The first-order valence-corrected chi connectivity index (χ1v) is 7.98. The van der Waals surface area contributed by atoms with Crippen LogP contribution >= 0.6 is 0 Å². The Morgan fingerprint density at radius 2 is 1.91 bits per heavy atom. The molecular weight excluding hydrogens is 294 g/mol. The summed E-state index contributed by atoms with van der Waals surface area (Å²) >= 11 is 0. The highest BCUT2D eigenvalue weighted by molar-refractivity contribution is 6.00. The molecule has 0 bridgehead atoms. The van der Waals surface area contributed by atoms with Crippen LogP contribution in [0.15, 0.2) is 24.3 Å². The normalized spacial score (nSPS) is 19.3. The molecule has 0 aliphatic heterocycles. The number of carbonyl (C=O) groups is 2. The molecule has 0 radical (unpaired) electrons. The third-order valence-corrected chi connectivity index (χ3v) is 3.77. The van der Waals surface area contributed by atoms with Crippen molar-refractivity contribution in [3.8, 4) is 5.75 Å². The summed E-state index contributed by atoms with van der Waals surface area (Å²) in [4.78, 5) is 26.3. The first kappa shape index (κ1) is 17.3. The maximum absolute atomic E-state index is 12.3. The lowest BCUT2D eigenvalue weighted by Gasteiger charge is -2.11. The van der Waals surface area contributed by atoms with Gasteiger partial charge in [-0.05, 0) is 39.6 Å². The van der Waals surface area contributed by atoms with Crippen molar-refractivity contribution in [3.63, 3.8) is 0 Å². The summed E-state index contributed by atoms with van der Waals surface area (Å²) in [6.45, 7) is 3.82. The number of amides is 2. The number of hydrogen-bond acceptors (Lipinski definition) is 4. The van der Waals surface area contributed by atoms with Crippen LogP contribution in [0.4, 0.5) is 5.69 Å². The van der Waals surface area contributed by atoms with Crippen LogP contribution < -0.4 is 15.4 Å². The fourth-order valence-corrected chi connectivity index (χ4v) is 2.39. The summed E-state index contributed by atoms with van der Waals surface area (Å²) in [6.07, 6.45) is 0.608. The summed E-state index contributed by atoms with van der Waals surface area (Å²) in [7, 11) is 3.91. The zero-order valence-corrected chi connectivity index (χ0v) is 14.0. The molecule has 6 nitrogen and oxygen atoms in total. The van der Waals surface area contributed by atoms with Crippen LogP contribution in [0.25, 0.3) is 0 Å². The zero-order valence-electron chi connectivity index (χ0n) is 14.0. The number of rotatable bonds is 8. The van der Waals surface area contributed by atoms with Crippen LogP contribution in [0.2, 0.25) is 0 Å². The minimum atomic E-state index is -0.246. The first-order chi connectivity index (χ1) is 11.0. The molecule has 1 aromatic carbocycles. The molecule has 0 saturated heterocycles. The Morgan fingerprint density at radius 1 is 1.22 bits per heavy atom. The number of hydrogen-bond donors (Lipinski definition) is 2. The second-order valence-electron chi connectivity index (χ2n) is 5.96. The third kappa shape index (κ3) is 4.96. The van der Waals surface area contributed by atoms with Gasteiger partial charge in [-0.1, -0.05) is 12.1 Å². The molecule has 23 heavy (non-hydrogen) atoms. The van der Waals surface area contributed by atoms with E-state index in [0.717, 1.165) is 6.54 Å². The zero-order chi connectivity index (χ0) is 16.8. The first-order valence-electron chi connectivity index (χ1n) is 7.98. The van der Waals surface area contributed by atoms with Gasteiger partial charge in [0, 0.05) is 13.1 Å². The topological polar surface area (TPSA) is 70.7 Å². The van der Waals surface area contributed by atoms with Crippen LogP contribution in [-0.4, -0.2) is 50.5 Å². The lowest BCUT2D eigenvalue weighted by Crippen LogP contribution is -2.33. The van der Waals surface area contributed by atoms with Gasteiger partial charge in [-0.15, -0.1) is 0 Å². The molecule has 2 atom stereocenters. The molecule has 1 aliphatic carbocycles. The number of benzene rings is 1. The quantitative estimate of drug-likeness (QED) is 0.758. The van der Waals surface area contributed by atoms with Gasteiger partial charge in [0.15, 0.2) is 0 Å². The summed E-state index contributed by atoms with van der Waals surface area (Å²) in [5, 5.41) is 5.74. The average Bonchev–Trinajstić information content (AvgIpc) is 3.29. The van der Waals surface area contributed by atoms with E-state index in [9.17, 15) is 9.59 Å². The third-order valence-electron chi connectivity index (χ3n) is 3.77. The molecule has 126 valence electrons. The maximum Gasteiger partial charge on any atom is 0.228 e. The van der Waals surface area contributed by atoms with Gasteiger partial charge < -0.3 is 20.3 Å².